The van der Waals surface area contributed by atoms with Crippen LogP contribution in [0.25, 0.3) is 0 Å². The molecule has 3 amide bonds. The largest absolute Gasteiger partial charge is 0.480 e. The Morgan fingerprint density at radius 2 is 1.59 bits per heavy atom. The molecule has 0 saturated heterocycles. The van der Waals surface area contributed by atoms with Crippen LogP contribution in [0.5, 0.6) is 0 Å². The van der Waals surface area contributed by atoms with Crippen molar-refractivity contribution in [2.45, 2.75) is 57.3 Å². The van der Waals surface area contributed by atoms with E-state index in [0.717, 1.165) is 0 Å². The number of guanidine groups is 1. The summed E-state index contributed by atoms with van der Waals surface area (Å²) in [6, 6.07) is -4.67. The molecule has 0 aliphatic heterocycles. The first-order valence-corrected chi connectivity index (χ1v) is 10.8. The van der Waals surface area contributed by atoms with Gasteiger partial charge in [-0.3, -0.25) is 19.4 Å². The van der Waals surface area contributed by atoms with Crippen LogP contribution in [0.4, 0.5) is 0 Å². The van der Waals surface area contributed by atoms with E-state index >= 15 is 0 Å². The number of nitrogens with two attached hydrogens (primary N) is 3. The molecule has 0 aliphatic carbocycles. The lowest BCUT2D eigenvalue weighted by atomic mass is 9.99. The summed E-state index contributed by atoms with van der Waals surface area (Å²) in [4.78, 5) is 52.3. The topological polar surface area (TPSA) is 235 Å². The van der Waals surface area contributed by atoms with E-state index in [1.54, 1.807) is 13.8 Å². The lowest BCUT2D eigenvalue weighted by Gasteiger charge is -2.25. The summed E-state index contributed by atoms with van der Waals surface area (Å²) < 4.78 is 0. The minimum Gasteiger partial charge on any atom is -0.480 e. The number of nitrogens with one attached hydrogen (secondary N) is 3. The maximum absolute atomic E-state index is 12.4. The van der Waals surface area contributed by atoms with Gasteiger partial charge in [-0.15, -0.1) is 0 Å². The van der Waals surface area contributed by atoms with E-state index < -0.39 is 54.5 Å². The number of hydrogen-bond donors (Lipinski definition) is 9. The second kappa shape index (κ2) is 15.3. The molecular weight excluding hydrogens is 442 g/mol. The number of carbonyl (C=O) groups excluding carboxylic acids is 3. The predicted molar refractivity (Wildman–Crippen MR) is 122 cm³/mol. The summed E-state index contributed by atoms with van der Waals surface area (Å²) in [6.07, 6.45) is 1.17. The number of nitrogens with zero attached hydrogens (tertiary/aromatic N) is 1. The summed E-state index contributed by atoms with van der Waals surface area (Å²) in [5, 5.41) is 25.8. The van der Waals surface area contributed by atoms with Gasteiger partial charge >= 0.3 is 5.97 Å². The summed E-state index contributed by atoms with van der Waals surface area (Å²) in [6.45, 7) is 2.99. The van der Waals surface area contributed by atoms with E-state index in [1.165, 1.54) is 0 Å². The van der Waals surface area contributed by atoms with Gasteiger partial charge in [-0.05, 0) is 18.8 Å². The highest BCUT2D eigenvalue weighted by Crippen LogP contribution is 2.08. The van der Waals surface area contributed by atoms with Gasteiger partial charge in [0.25, 0.3) is 0 Å². The van der Waals surface area contributed by atoms with Crippen molar-refractivity contribution in [3.63, 3.8) is 0 Å². The molecule has 0 saturated carbocycles. The minimum atomic E-state index is -1.37. The number of amides is 3. The van der Waals surface area contributed by atoms with Crippen molar-refractivity contribution in [1.29, 1.82) is 0 Å². The van der Waals surface area contributed by atoms with Gasteiger partial charge in [-0.2, -0.15) is 12.6 Å². The van der Waals surface area contributed by atoms with Crippen LogP contribution in [0.15, 0.2) is 4.99 Å². The number of carbonyl (C=O) groups is 4. The van der Waals surface area contributed by atoms with Crippen molar-refractivity contribution >= 4 is 42.3 Å². The molecule has 0 aromatic rings. The molecule has 0 aliphatic rings. The monoisotopic (exact) mass is 477 g/mol. The molecule has 0 aromatic heterocycles. The van der Waals surface area contributed by atoms with E-state index in [1.807, 2.05) is 0 Å². The van der Waals surface area contributed by atoms with Crippen LogP contribution in [0.2, 0.25) is 0 Å². The fourth-order valence-electron chi connectivity index (χ4n) is 2.53. The van der Waals surface area contributed by atoms with Crippen molar-refractivity contribution in [1.82, 2.24) is 16.0 Å². The molecule has 0 rings (SSSR count). The number of aliphatic carboxylic acids is 1. The molecule has 0 fully saturated rings. The maximum atomic E-state index is 12.4. The lowest BCUT2D eigenvalue weighted by Crippen LogP contribution is -2.59. The quantitative estimate of drug-likeness (QED) is 0.0501. The molecule has 0 heterocycles. The first kappa shape index (κ1) is 29.4. The Kier molecular flexibility index (Phi) is 14.0. The Balaban J connectivity index is 4.92. The number of aliphatic imine (C=N–C) groups is 1. The highest BCUT2D eigenvalue weighted by Gasteiger charge is 2.31. The smallest absolute Gasteiger partial charge is 0.326 e. The fourth-order valence-corrected chi connectivity index (χ4v) is 2.78. The third-order valence-corrected chi connectivity index (χ3v) is 5.08. The van der Waals surface area contributed by atoms with Gasteiger partial charge in [0.2, 0.25) is 17.7 Å². The zero-order chi connectivity index (χ0) is 24.8. The SMILES string of the molecule is CCC(C)C(NC(=O)C(CS)NC(=O)C(CO)NC(=O)C(N)CCCN=C(N)N)C(=O)O. The first-order valence-electron chi connectivity index (χ1n) is 10.1. The van der Waals surface area contributed by atoms with Gasteiger partial charge in [0, 0.05) is 12.3 Å². The molecule has 0 radical (unpaired) electrons. The number of carboxylic acid groups (broad SMARTS) is 1. The summed E-state index contributed by atoms with van der Waals surface area (Å²) in [7, 11) is 0. The summed E-state index contributed by atoms with van der Waals surface area (Å²) in [5.74, 6) is -4.04. The maximum Gasteiger partial charge on any atom is 0.326 e. The van der Waals surface area contributed by atoms with Crippen molar-refractivity contribution in [3.05, 3.63) is 0 Å². The predicted octanol–water partition coefficient (Wildman–Crippen LogP) is -3.13. The van der Waals surface area contributed by atoms with Crippen molar-refractivity contribution < 1.29 is 29.4 Å². The Bertz CT molecular complexity index is 674. The molecule has 0 spiro atoms. The molecule has 5 atom stereocenters. The Hall–Kier alpha value is -2.58. The van der Waals surface area contributed by atoms with Gasteiger partial charge in [0.1, 0.15) is 18.1 Å². The number of aliphatic hydroxyl groups excluding tert-OH is 1. The minimum absolute atomic E-state index is 0.0818. The van der Waals surface area contributed by atoms with E-state index in [9.17, 15) is 29.4 Å². The number of carboxylic acids is 1. The van der Waals surface area contributed by atoms with Crippen LogP contribution >= 0.6 is 12.6 Å². The van der Waals surface area contributed by atoms with Gasteiger partial charge in [-0.25, -0.2) is 4.79 Å². The first-order chi connectivity index (χ1) is 15.0. The number of hydrogen-bond acceptors (Lipinski definition) is 8. The number of rotatable bonds is 15. The van der Waals surface area contributed by atoms with Gasteiger partial charge in [0.05, 0.1) is 12.6 Å². The second-order valence-corrected chi connectivity index (χ2v) is 7.62. The van der Waals surface area contributed by atoms with E-state index in [4.69, 9.17) is 17.2 Å². The van der Waals surface area contributed by atoms with Crippen LogP contribution in [0, 0.1) is 5.92 Å². The van der Waals surface area contributed by atoms with Gasteiger partial charge < -0.3 is 43.4 Å². The lowest BCUT2D eigenvalue weighted by molar-refractivity contribution is -0.143. The third kappa shape index (κ3) is 10.6. The van der Waals surface area contributed by atoms with Gasteiger partial charge in [0.15, 0.2) is 5.96 Å². The van der Waals surface area contributed by atoms with Crippen LogP contribution < -0.4 is 33.2 Å². The van der Waals surface area contributed by atoms with Gasteiger partial charge in [-0.1, -0.05) is 20.3 Å². The molecule has 32 heavy (non-hydrogen) atoms. The van der Waals surface area contributed by atoms with Crippen LogP contribution in [0.3, 0.4) is 0 Å². The molecule has 0 bridgehead atoms. The molecule has 14 heteroatoms. The molecule has 5 unspecified atom stereocenters. The highest BCUT2D eigenvalue weighted by molar-refractivity contribution is 7.80. The zero-order valence-corrected chi connectivity index (χ0v) is 19.2. The zero-order valence-electron chi connectivity index (χ0n) is 18.3. The van der Waals surface area contributed by atoms with Crippen molar-refractivity contribution in [2.75, 3.05) is 18.9 Å². The Labute approximate surface area is 192 Å². The van der Waals surface area contributed by atoms with Crippen molar-refractivity contribution in [2.24, 2.45) is 28.1 Å². The van der Waals surface area contributed by atoms with E-state index in [2.05, 4.69) is 33.6 Å². The normalized spacial score (nSPS) is 15.4. The third-order valence-electron chi connectivity index (χ3n) is 4.71. The average molecular weight is 478 g/mol. The Morgan fingerprint density at radius 3 is 2.06 bits per heavy atom. The molecular formula is C18H35N7O6S. The average Bonchev–Trinajstić information content (AvgIpc) is 2.75. The van der Waals surface area contributed by atoms with Crippen LogP contribution in [-0.2, 0) is 19.2 Å². The summed E-state index contributed by atoms with van der Waals surface area (Å²) >= 11 is 4.02. The highest BCUT2D eigenvalue weighted by atomic mass is 32.1. The van der Waals surface area contributed by atoms with E-state index in [-0.39, 0.29) is 30.6 Å². The number of thiol groups is 1. The molecule has 13 nitrogen and oxygen atoms in total. The molecule has 184 valence electrons. The summed E-state index contributed by atoms with van der Waals surface area (Å²) in [5.41, 5.74) is 16.2. The van der Waals surface area contributed by atoms with Crippen LogP contribution in [-0.4, -0.2) is 82.9 Å². The van der Waals surface area contributed by atoms with E-state index in [0.29, 0.717) is 12.8 Å². The molecule has 0 aromatic carbocycles. The second-order valence-electron chi connectivity index (χ2n) is 7.25. The standard InChI is InChI=1S/C18H35N7O6S/c1-3-9(2)13(17(30)31)25-16(29)12(8-32)24-15(28)11(7-26)23-14(27)10(19)5-4-6-22-18(20)21/h9-13,26,32H,3-8,19H2,1-2H3,(H,23,27)(H,24,28)(H,25,29)(H,30,31)(H4,20,21,22). The molecule has 11 N–H and O–H groups in total. The van der Waals surface area contributed by atoms with Crippen molar-refractivity contribution in [3.8, 4) is 0 Å². The Morgan fingerprint density at radius 1 is 1.03 bits per heavy atom. The fraction of sp³-hybridized carbons (Fsp3) is 0.722. The van der Waals surface area contributed by atoms with Crippen LogP contribution in [0.1, 0.15) is 33.1 Å². The number of aliphatic hydroxyl groups is 1.